The molecule has 0 amide bonds. The Morgan fingerprint density at radius 1 is 1.21 bits per heavy atom. The Bertz CT molecular complexity index is 560. The molecule has 2 aromatic rings. The summed E-state index contributed by atoms with van der Waals surface area (Å²) in [5.41, 5.74) is 0.871. The normalized spacial score (nSPS) is 10.5. The van der Waals surface area contributed by atoms with Crippen molar-refractivity contribution in [2.75, 3.05) is 6.54 Å². The SMILES string of the molecule is CCNCc1c(Cl)cccc1Oc1cccc(F)c1. The van der Waals surface area contributed by atoms with E-state index in [2.05, 4.69) is 5.32 Å². The average molecular weight is 280 g/mol. The quantitative estimate of drug-likeness (QED) is 0.877. The van der Waals surface area contributed by atoms with Gasteiger partial charge in [-0.2, -0.15) is 0 Å². The molecule has 100 valence electrons. The van der Waals surface area contributed by atoms with Crippen molar-refractivity contribution >= 4 is 11.6 Å². The van der Waals surface area contributed by atoms with E-state index in [1.165, 1.54) is 12.1 Å². The van der Waals surface area contributed by atoms with Gasteiger partial charge in [-0.1, -0.05) is 30.7 Å². The molecule has 2 nitrogen and oxygen atoms in total. The van der Waals surface area contributed by atoms with Gasteiger partial charge in [-0.3, -0.25) is 0 Å². The molecular formula is C15H15ClFNO. The third kappa shape index (κ3) is 3.69. The largest absolute Gasteiger partial charge is 0.457 e. The van der Waals surface area contributed by atoms with Gasteiger partial charge in [0.25, 0.3) is 0 Å². The average Bonchev–Trinajstić information content (AvgIpc) is 2.38. The number of rotatable bonds is 5. The Hall–Kier alpha value is -1.58. The number of hydrogen-bond donors (Lipinski definition) is 1. The van der Waals surface area contributed by atoms with E-state index in [1.54, 1.807) is 12.1 Å². The van der Waals surface area contributed by atoms with Gasteiger partial charge in [-0.25, -0.2) is 4.39 Å². The molecule has 0 aliphatic rings. The summed E-state index contributed by atoms with van der Waals surface area (Å²) < 4.78 is 18.8. The second-order valence-corrected chi connectivity index (χ2v) is 4.46. The van der Waals surface area contributed by atoms with Crippen molar-refractivity contribution in [2.45, 2.75) is 13.5 Å². The molecule has 0 atom stereocenters. The van der Waals surface area contributed by atoms with Crippen LogP contribution in [0.15, 0.2) is 42.5 Å². The van der Waals surface area contributed by atoms with Crippen LogP contribution in [-0.2, 0) is 6.54 Å². The summed E-state index contributed by atoms with van der Waals surface area (Å²) in [4.78, 5) is 0. The van der Waals surface area contributed by atoms with Crippen LogP contribution < -0.4 is 10.1 Å². The minimum atomic E-state index is -0.326. The Balaban J connectivity index is 2.26. The molecule has 2 aromatic carbocycles. The minimum Gasteiger partial charge on any atom is -0.457 e. The maximum atomic E-state index is 13.1. The highest BCUT2D eigenvalue weighted by molar-refractivity contribution is 6.31. The summed E-state index contributed by atoms with van der Waals surface area (Å²) in [7, 11) is 0. The van der Waals surface area contributed by atoms with Crippen LogP contribution in [0, 0.1) is 5.82 Å². The van der Waals surface area contributed by atoms with Crippen molar-refractivity contribution in [2.24, 2.45) is 0 Å². The smallest absolute Gasteiger partial charge is 0.133 e. The molecule has 0 saturated carbocycles. The second kappa shape index (κ2) is 6.55. The molecule has 0 spiro atoms. The molecule has 0 aliphatic carbocycles. The summed E-state index contributed by atoms with van der Waals surface area (Å²) in [5.74, 6) is 0.770. The first kappa shape index (κ1) is 13.8. The van der Waals surface area contributed by atoms with Gasteiger partial charge in [-0.15, -0.1) is 0 Å². The highest BCUT2D eigenvalue weighted by atomic mass is 35.5. The molecule has 0 heterocycles. The molecule has 0 unspecified atom stereocenters. The maximum absolute atomic E-state index is 13.1. The third-order valence-electron chi connectivity index (χ3n) is 2.65. The number of ether oxygens (including phenoxy) is 1. The highest BCUT2D eigenvalue weighted by Crippen LogP contribution is 2.30. The lowest BCUT2D eigenvalue weighted by molar-refractivity contribution is 0.468. The monoisotopic (exact) mass is 279 g/mol. The van der Waals surface area contributed by atoms with Crippen LogP contribution in [0.2, 0.25) is 5.02 Å². The molecule has 2 rings (SSSR count). The van der Waals surface area contributed by atoms with Crippen LogP contribution >= 0.6 is 11.6 Å². The van der Waals surface area contributed by atoms with Crippen LogP contribution in [0.1, 0.15) is 12.5 Å². The Kier molecular flexibility index (Phi) is 4.77. The number of halogens is 2. The number of benzene rings is 2. The van der Waals surface area contributed by atoms with Gasteiger partial charge < -0.3 is 10.1 Å². The lowest BCUT2D eigenvalue weighted by atomic mass is 10.2. The van der Waals surface area contributed by atoms with E-state index >= 15 is 0 Å². The van der Waals surface area contributed by atoms with E-state index in [4.69, 9.17) is 16.3 Å². The van der Waals surface area contributed by atoms with Gasteiger partial charge in [0.2, 0.25) is 0 Å². The van der Waals surface area contributed by atoms with Crippen molar-refractivity contribution in [3.63, 3.8) is 0 Å². The second-order valence-electron chi connectivity index (χ2n) is 4.06. The van der Waals surface area contributed by atoms with Crippen LogP contribution in [0.3, 0.4) is 0 Å². The van der Waals surface area contributed by atoms with E-state index in [-0.39, 0.29) is 5.82 Å². The van der Waals surface area contributed by atoms with Gasteiger partial charge >= 0.3 is 0 Å². The van der Waals surface area contributed by atoms with Crippen molar-refractivity contribution in [3.05, 3.63) is 58.9 Å². The van der Waals surface area contributed by atoms with E-state index in [9.17, 15) is 4.39 Å². The molecule has 0 bridgehead atoms. The molecule has 19 heavy (non-hydrogen) atoms. The first-order valence-corrected chi connectivity index (χ1v) is 6.50. The fourth-order valence-electron chi connectivity index (χ4n) is 1.71. The lowest BCUT2D eigenvalue weighted by Gasteiger charge is -2.13. The van der Waals surface area contributed by atoms with E-state index in [1.807, 2.05) is 25.1 Å². The van der Waals surface area contributed by atoms with E-state index < -0.39 is 0 Å². The topological polar surface area (TPSA) is 21.3 Å². The van der Waals surface area contributed by atoms with Gasteiger partial charge in [0.15, 0.2) is 0 Å². The molecule has 0 saturated heterocycles. The predicted octanol–water partition coefficient (Wildman–Crippen LogP) is 4.38. The molecule has 0 aromatic heterocycles. The zero-order valence-electron chi connectivity index (χ0n) is 10.6. The Morgan fingerprint density at radius 2 is 2.00 bits per heavy atom. The summed E-state index contributed by atoms with van der Waals surface area (Å²) >= 11 is 6.17. The summed E-state index contributed by atoms with van der Waals surface area (Å²) in [6.07, 6.45) is 0. The van der Waals surface area contributed by atoms with Gasteiger partial charge in [0.05, 0.1) is 0 Å². The van der Waals surface area contributed by atoms with Gasteiger partial charge in [0, 0.05) is 23.2 Å². The van der Waals surface area contributed by atoms with Gasteiger partial charge in [0.1, 0.15) is 17.3 Å². The van der Waals surface area contributed by atoms with Crippen molar-refractivity contribution in [3.8, 4) is 11.5 Å². The first-order chi connectivity index (χ1) is 9.20. The summed E-state index contributed by atoms with van der Waals surface area (Å²) in [6, 6.07) is 11.5. The standard InChI is InChI=1S/C15H15ClFNO/c1-2-18-10-13-14(16)7-4-8-15(13)19-12-6-3-5-11(17)9-12/h3-9,18H,2,10H2,1H3. The van der Waals surface area contributed by atoms with Crippen molar-refractivity contribution in [1.29, 1.82) is 0 Å². The van der Waals surface area contributed by atoms with Gasteiger partial charge in [-0.05, 0) is 30.8 Å². The molecule has 0 fully saturated rings. The third-order valence-corrected chi connectivity index (χ3v) is 3.01. The van der Waals surface area contributed by atoms with E-state index in [0.717, 1.165) is 12.1 Å². The van der Waals surface area contributed by atoms with Crippen LogP contribution in [-0.4, -0.2) is 6.54 Å². The van der Waals surface area contributed by atoms with Crippen LogP contribution in [0.4, 0.5) is 4.39 Å². The predicted molar refractivity (Wildman–Crippen MR) is 75.3 cm³/mol. The molecule has 1 N–H and O–H groups in total. The van der Waals surface area contributed by atoms with Crippen LogP contribution in [0.5, 0.6) is 11.5 Å². The highest BCUT2D eigenvalue weighted by Gasteiger charge is 2.09. The number of hydrogen-bond acceptors (Lipinski definition) is 2. The molecule has 4 heteroatoms. The first-order valence-electron chi connectivity index (χ1n) is 6.12. The van der Waals surface area contributed by atoms with Crippen LogP contribution in [0.25, 0.3) is 0 Å². The molecule has 0 aliphatic heterocycles. The fraction of sp³-hybridized carbons (Fsp3) is 0.200. The van der Waals surface area contributed by atoms with E-state index in [0.29, 0.717) is 23.1 Å². The zero-order chi connectivity index (χ0) is 13.7. The lowest BCUT2D eigenvalue weighted by Crippen LogP contribution is -2.12. The maximum Gasteiger partial charge on any atom is 0.133 e. The fourth-order valence-corrected chi connectivity index (χ4v) is 1.95. The van der Waals surface area contributed by atoms with Crippen molar-refractivity contribution in [1.82, 2.24) is 5.32 Å². The molecular weight excluding hydrogens is 265 g/mol. The Morgan fingerprint density at radius 3 is 2.74 bits per heavy atom. The summed E-state index contributed by atoms with van der Waals surface area (Å²) in [5, 5.41) is 3.84. The number of nitrogens with one attached hydrogen (secondary N) is 1. The zero-order valence-corrected chi connectivity index (χ0v) is 11.4. The summed E-state index contributed by atoms with van der Waals surface area (Å²) in [6.45, 7) is 3.47. The van der Waals surface area contributed by atoms with Crippen molar-refractivity contribution < 1.29 is 9.13 Å². The Labute approximate surface area is 117 Å². The molecule has 0 radical (unpaired) electrons. The minimum absolute atomic E-state index is 0.326.